The van der Waals surface area contributed by atoms with E-state index in [1.165, 1.54) is 12.1 Å². The van der Waals surface area contributed by atoms with Gasteiger partial charge in [0.05, 0.1) is 0 Å². The average Bonchev–Trinajstić information content (AvgIpc) is 2.64. The van der Waals surface area contributed by atoms with Gasteiger partial charge in [-0.3, -0.25) is 9.59 Å². The Hall–Kier alpha value is -3.02. The van der Waals surface area contributed by atoms with E-state index in [2.05, 4.69) is 10.2 Å². The van der Waals surface area contributed by atoms with Crippen molar-refractivity contribution in [2.24, 2.45) is 0 Å². The van der Waals surface area contributed by atoms with Gasteiger partial charge in [0.15, 0.2) is 0 Å². The van der Waals surface area contributed by atoms with Gasteiger partial charge >= 0.3 is 11.8 Å². The number of piperazine rings is 1. The third-order valence-electron chi connectivity index (χ3n) is 4.01. The number of benzene rings is 2. The van der Waals surface area contributed by atoms with Crippen LogP contribution in [0.25, 0.3) is 0 Å². The maximum absolute atomic E-state index is 12.3. The van der Waals surface area contributed by atoms with Crippen molar-refractivity contribution in [1.29, 1.82) is 0 Å². The standard InChI is InChI=1S/C18H19N3O3/c22-16-8-6-14(7-9-16)19-17(23)18(24)21-12-10-20(11-13-21)15-4-2-1-3-5-15/h1-9,22H,10-13H2,(H,19,23). The summed E-state index contributed by atoms with van der Waals surface area (Å²) >= 11 is 0. The minimum Gasteiger partial charge on any atom is -0.508 e. The lowest BCUT2D eigenvalue weighted by molar-refractivity contribution is -0.143. The smallest absolute Gasteiger partial charge is 0.313 e. The SMILES string of the molecule is O=C(Nc1ccc(O)cc1)C(=O)N1CCN(c2ccccc2)CC1. The number of rotatable bonds is 2. The van der Waals surface area contributed by atoms with Gasteiger partial charge in [0.2, 0.25) is 0 Å². The van der Waals surface area contributed by atoms with Crippen LogP contribution in [-0.2, 0) is 9.59 Å². The van der Waals surface area contributed by atoms with Gasteiger partial charge in [-0.05, 0) is 36.4 Å². The fourth-order valence-electron chi connectivity index (χ4n) is 2.68. The van der Waals surface area contributed by atoms with Gasteiger partial charge in [0.25, 0.3) is 0 Å². The Morgan fingerprint density at radius 3 is 2.12 bits per heavy atom. The largest absolute Gasteiger partial charge is 0.508 e. The Labute approximate surface area is 140 Å². The lowest BCUT2D eigenvalue weighted by Gasteiger charge is -2.35. The summed E-state index contributed by atoms with van der Waals surface area (Å²) in [5, 5.41) is 11.8. The van der Waals surface area contributed by atoms with Crippen LogP contribution in [0.1, 0.15) is 0 Å². The van der Waals surface area contributed by atoms with Crippen LogP contribution in [0, 0.1) is 0 Å². The Morgan fingerprint density at radius 2 is 1.50 bits per heavy atom. The minimum atomic E-state index is -0.658. The number of hydrogen-bond donors (Lipinski definition) is 2. The maximum Gasteiger partial charge on any atom is 0.313 e. The molecule has 6 nitrogen and oxygen atoms in total. The van der Waals surface area contributed by atoms with E-state index in [1.807, 2.05) is 30.3 Å². The van der Waals surface area contributed by atoms with E-state index in [0.717, 1.165) is 5.69 Å². The average molecular weight is 325 g/mol. The van der Waals surface area contributed by atoms with Crippen molar-refractivity contribution < 1.29 is 14.7 Å². The van der Waals surface area contributed by atoms with Crippen molar-refractivity contribution >= 4 is 23.2 Å². The molecule has 2 aromatic carbocycles. The fourth-order valence-corrected chi connectivity index (χ4v) is 2.68. The van der Waals surface area contributed by atoms with Crippen LogP contribution < -0.4 is 10.2 Å². The molecule has 6 heteroatoms. The first kappa shape index (κ1) is 15.9. The highest BCUT2D eigenvalue weighted by Crippen LogP contribution is 2.16. The molecule has 1 saturated heterocycles. The number of carbonyl (C=O) groups is 2. The van der Waals surface area contributed by atoms with Gasteiger partial charge in [-0.2, -0.15) is 0 Å². The highest BCUT2D eigenvalue weighted by atomic mass is 16.3. The van der Waals surface area contributed by atoms with Gasteiger partial charge in [0.1, 0.15) is 5.75 Å². The quantitative estimate of drug-likeness (QED) is 0.651. The van der Waals surface area contributed by atoms with Gasteiger partial charge in [-0.15, -0.1) is 0 Å². The lowest BCUT2D eigenvalue weighted by Crippen LogP contribution is -2.51. The topological polar surface area (TPSA) is 72.9 Å². The molecular weight excluding hydrogens is 306 g/mol. The number of aromatic hydroxyl groups is 1. The van der Waals surface area contributed by atoms with Gasteiger partial charge in [-0.1, -0.05) is 18.2 Å². The van der Waals surface area contributed by atoms with E-state index in [0.29, 0.717) is 31.9 Å². The van der Waals surface area contributed by atoms with E-state index in [1.54, 1.807) is 17.0 Å². The highest BCUT2D eigenvalue weighted by molar-refractivity contribution is 6.39. The second kappa shape index (κ2) is 7.04. The van der Waals surface area contributed by atoms with Crippen molar-refractivity contribution in [1.82, 2.24) is 4.90 Å². The first-order chi connectivity index (χ1) is 11.6. The Kier molecular flexibility index (Phi) is 4.65. The minimum absolute atomic E-state index is 0.108. The van der Waals surface area contributed by atoms with E-state index in [-0.39, 0.29) is 5.75 Å². The maximum atomic E-state index is 12.3. The van der Waals surface area contributed by atoms with E-state index in [9.17, 15) is 14.7 Å². The number of amides is 2. The van der Waals surface area contributed by atoms with Crippen LogP contribution in [0.15, 0.2) is 54.6 Å². The second-order valence-electron chi connectivity index (χ2n) is 5.62. The van der Waals surface area contributed by atoms with Crippen molar-refractivity contribution in [2.45, 2.75) is 0 Å². The summed E-state index contributed by atoms with van der Waals surface area (Å²) < 4.78 is 0. The summed E-state index contributed by atoms with van der Waals surface area (Å²) in [5.41, 5.74) is 1.60. The summed E-state index contributed by atoms with van der Waals surface area (Å²) in [4.78, 5) is 28.1. The van der Waals surface area contributed by atoms with Crippen LogP contribution in [0.5, 0.6) is 5.75 Å². The van der Waals surface area contributed by atoms with Crippen molar-refractivity contribution in [3.05, 3.63) is 54.6 Å². The molecule has 1 fully saturated rings. The molecule has 0 bridgehead atoms. The Balaban J connectivity index is 1.54. The molecule has 2 amide bonds. The number of phenolic OH excluding ortho intramolecular Hbond substituents is 1. The lowest BCUT2D eigenvalue weighted by atomic mass is 10.2. The molecule has 0 atom stereocenters. The third kappa shape index (κ3) is 3.65. The zero-order valence-electron chi connectivity index (χ0n) is 13.2. The third-order valence-corrected chi connectivity index (χ3v) is 4.01. The van der Waals surface area contributed by atoms with Crippen molar-refractivity contribution in [3.63, 3.8) is 0 Å². The number of nitrogens with zero attached hydrogens (tertiary/aromatic N) is 2. The van der Waals surface area contributed by atoms with E-state index < -0.39 is 11.8 Å². The molecule has 0 spiro atoms. The molecule has 0 aromatic heterocycles. The molecule has 1 aliphatic heterocycles. The zero-order chi connectivity index (χ0) is 16.9. The van der Waals surface area contributed by atoms with Crippen LogP contribution in [-0.4, -0.2) is 48.0 Å². The van der Waals surface area contributed by atoms with Crippen molar-refractivity contribution in [3.8, 4) is 5.75 Å². The number of carbonyl (C=O) groups excluding carboxylic acids is 2. The Bertz CT molecular complexity index is 708. The van der Waals surface area contributed by atoms with Gasteiger partial charge < -0.3 is 20.2 Å². The summed E-state index contributed by atoms with van der Waals surface area (Å²) in [7, 11) is 0. The number of hydrogen-bond acceptors (Lipinski definition) is 4. The Morgan fingerprint density at radius 1 is 0.875 bits per heavy atom. The van der Waals surface area contributed by atoms with E-state index in [4.69, 9.17) is 0 Å². The number of nitrogens with one attached hydrogen (secondary N) is 1. The number of anilines is 2. The zero-order valence-corrected chi connectivity index (χ0v) is 13.2. The normalized spacial score (nSPS) is 14.3. The van der Waals surface area contributed by atoms with Crippen LogP contribution in [0.2, 0.25) is 0 Å². The fraction of sp³-hybridized carbons (Fsp3) is 0.222. The monoisotopic (exact) mass is 325 g/mol. The molecule has 0 saturated carbocycles. The summed E-state index contributed by atoms with van der Waals surface area (Å²) in [6, 6.07) is 16.0. The molecule has 0 radical (unpaired) electrons. The molecule has 3 rings (SSSR count). The molecule has 1 aliphatic rings. The first-order valence-electron chi connectivity index (χ1n) is 7.83. The predicted molar refractivity (Wildman–Crippen MR) is 92.0 cm³/mol. The number of phenols is 1. The molecule has 2 aromatic rings. The molecule has 124 valence electrons. The molecule has 2 N–H and O–H groups in total. The molecular formula is C18H19N3O3. The van der Waals surface area contributed by atoms with Gasteiger partial charge in [0, 0.05) is 37.6 Å². The summed E-state index contributed by atoms with van der Waals surface area (Å²) in [6.07, 6.45) is 0. The summed E-state index contributed by atoms with van der Waals surface area (Å²) in [5.74, 6) is -1.08. The van der Waals surface area contributed by atoms with Gasteiger partial charge in [-0.25, -0.2) is 0 Å². The number of para-hydroxylation sites is 1. The molecule has 24 heavy (non-hydrogen) atoms. The molecule has 1 heterocycles. The van der Waals surface area contributed by atoms with Crippen LogP contribution in [0.3, 0.4) is 0 Å². The summed E-state index contributed by atoms with van der Waals surface area (Å²) in [6.45, 7) is 2.41. The predicted octanol–water partition coefficient (Wildman–Crippen LogP) is 1.68. The second-order valence-corrected chi connectivity index (χ2v) is 5.62. The van der Waals surface area contributed by atoms with Crippen LogP contribution in [0.4, 0.5) is 11.4 Å². The van der Waals surface area contributed by atoms with E-state index >= 15 is 0 Å². The first-order valence-corrected chi connectivity index (χ1v) is 7.83. The molecule has 0 unspecified atom stereocenters. The van der Waals surface area contributed by atoms with Crippen LogP contribution >= 0.6 is 0 Å². The highest BCUT2D eigenvalue weighted by Gasteiger charge is 2.26. The van der Waals surface area contributed by atoms with Crippen molar-refractivity contribution in [2.75, 3.05) is 36.4 Å². The molecule has 0 aliphatic carbocycles.